The van der Waals surface area contributed by atoms with Gasteiger partial charge in [0.2, 0.25) is 17.7 Å². The van der Waals surface area contributed by atoms with Crippen molar-refractivity contribution in [3.8, 4) is 0 Å². The number of esters is 1. The predicted molar refractivity (Wildman–Crippen MR) is 191 cm³/mol. The van der Waals surface area contributed by atoms with E-state index in [0.717, 1.165) is 45.6 Å². The summed E-state index contributed by atoms with van der Waals surface area (Å²) in [7, 11) is 0. The molecule has 1 saturated heterocycles. The standard InChI is InChI=1S/C43H47N3O5/c47-35(51-24-26-9-2-1-3-10-26)23-44-40(48)34-15-8-16-46(34)42(50)39-37-32-13-6-4-11-30(32)36(31-12-5-7-14-33(31)37)38(39)41(49)45-25-43-20-27-17-28(21-43)19-29(18-27)22-43/h1-7,9-14,27-29,34,36-39H,8,15-25H2,(H,44,48)(H,45,49)/t27?,28?,29?,34-,36?,37?,38+,39-,43?/m1/s1. The Hall–Kier alpha value is -4.46. The molecule has 1 aliphatic heterocycles. The molecular weight excluding hydrogens is 638 g/mol. The number of likely N-dealkylation sites (tertiary alicyclic amines) is 1. The minimum absolute atomic E-state index is 0.0375. The first-order chi connectivity index (χ1) is 24.9. The van der Waals surface area contributed by atoms with Gasteiger partial charge in [-0.05, 0) is 102 Å². The fourth-order valence-electron chi connectivity index (χ4n) is 11.7. The van der Waals surface area contributed by atoms with Crippen molar-refractivity contribution in [2.24, 2.45) is 35.0 Å². The molecule has 7 aliphatic carbocycles. The van der Waals surface area contributed by atoms with Crippen molar-refractivity contribution >= 4 is 23.7 Å². The lowest BCUT2D eigenvalue weighted by molar-refractivity contribution is -0.149. The molecule has 2 N–H and O–H groups in total. The van der Waals surface area contributed by atoms with Crippen molar-refractivity contribution in [1.82, 2.24) is 15.5 Å². The molecule has 11 rings (SSSR count). The summed E-state index contributed by atoms with van der Waals surface area (Å²) in [5.74, 6) is -0.470. The van der Waals surface area contributed by atoms with E-state index < -0.39 is 23.8 Å². The molecule has 264 valence electrons. The maximum Gasteiger partial charge on any atom is 0.325 e. The number of amides is 3. The molecule has 8 nitrogen and oxygen atoms in total. The molecule has 6 bridgehead atoms. The van der Waals surface area contributed by atoms with Gasteiger partial charge < -0.3 is 20.3 Å². The molecule has 4 saturated carbocycles. The van der Waals surface area contributed by atoms with E-state index in [9.17, 15) is 14.4 Å². The van der Waals surface area contributed by atoms with Gasteiger partial charge in [-0.2, -0.15) is 0 Å². The van der Waals surface area contributed by atoms with Crippen LogP contribution in [0.5, 0.6) is 0 Å². The van der Waals surface area contributed by atoms with Crippen molar-refractivity contribution in [3.05, 3.63) is 107 Å². The summed E-state index contributed by atoms with van der Waals surface area (Å²) >= 11 is 0. The van der Waals surface area contributed by atoms with E-state index >= 15 is 4.79 Å². The number of hydrogen-bond acceptors (Lipinski definition) is 5. The average Bonchev–Trinajstić information content (AvgIpc) is 3.65. The summed E-state index contributed by atoms with van der Waals surface area (Å²) in [4.78, 5) is 57.7. The van der Waals surface area contributed by atoms with Gasteiger partial charge in [-0.15, -0.1) is 0 Å². The Bertz CT molecular complexity index is 1770. The molecule has 1 heterocycles. The van der Waals surface area contributed by atoms with Crippen LogP contribution in [0.4, 0.5) is 0 Å². The average molecular weight is 686 g/mol. The van der Waals surface area contributed by atoms with Gasteiger partial charge in [0.05, 0.1) is 11.8 Å². The Morgan fingerprint density at radius 1 is 0.686 bits per heavy atom. The zero-order valence-electron chi connectivity index (χ0n) is 29.1. The number of nitrogens with one attached hydrogen (secondary N) is 2. The van der Waals surface area contributed by atoms with Gasteiger partial charge in [0, 0.05) is 24.9 Å². The second kappa shape index (κ2) is 12.9. The van der Waals surface area contributed by atoms with Crippen LogP contribution in [0.25, 0.3) is 0 Å². The quantitative estimate of drug-likeness (QED) is 0.282. The summed E-state index contributed by atoms with van der Waals surface area (Å²) < 4.78 is 5.37. The maximum absolute atomic E-state index is 15.0. The number of carbonyl (C=O) groups is 4. The molecule has 8 heteroatoms. The van der Waals surface area contributed by atoms with Crippen LogP contribution >= 0.6 is 0 Å². The van der Waals surface area contributed by atoms with Gasteiger partial charge in [0.15, 0.2) is 0 Å². The molecular formula is C43H47N3O5. The van der Waals surface area contributed by atoms with E-state index in [4.69, 9.17) is 4.74 Å². The molecule has 0 spiro atoms. The van der Waals surface area contributed by atoms with Gasteiger partial charge in [-0.1, -0.05) is 78.9 Å². The van der Waals surface area contributed by atoms with E-state index in [1.807, 2.05) is 54.6 Å². The smallest absolute Gasteiger partial charge is 0.325 e. The lowest BCUT2D eigenvalue weighted by Gasteiger charge is -2.57. The highest BCUT2D eigenvalue weighted by Gasteiger charge is 2.57. The molecule has 0 unspecified atom stereocenters. The number of carbonyl (C=O) groups excluding carboxylic acids is 4. The number of hydrogen-bond donors (Lipinski definition) is 2. The zero-order valence-corrected chi connectivity index (χ0v) is 29.1. The Morgan fingerprint density at radius 3 is 1.82 bits per heavy atom. The SMILES string of the molecule is O=C(CNC(=O)[C@H]1CCCN1C(=O)[C@@H]1C2c3ccccc3C(c3ccccc32)[C@@H]1C(=O)NCC12CC3CC(CC(C3)C1)C2)OCc1ccccc1. The topological polar surface area (TPSA) is 105 Å². The summed E-state index contributed by atoms with van der Waals surface area (Å²) in [6.07, 6.45) is 8.85. The van der Waals surface area contributed by atoms with Gasteiger partial charge in [-0.25, -0.2) is 0 Å². The van der Waals surface area contributed by atoms with E-state index in [0.29, 0.717) is 25.9 Å². The van der Waals surface area contributed by atoms with Crippen LogP contribution in [-0.2, 0) is 30.5 Å². The first-order valence-electron chi connectivity index (χ1n) is 19.1. The Balaban J connectivity index is 0.971. The molecule has 3 atom stereocenters. The van der Waals surface area contributed by atoms with E-state index in [-0.39, 0.29) is 48.1 Å². The largest absolute Gasteiger partial charge is 0.460 e. The van der Waals surface area contributed by atoms with Crippen LogP contribution in [-0.4, -0.2) is 54.3 Å². The molecule has 3 amide bonds. The third-order valence-corrected chi connectivity index (χ3v) is 13.3. The second-order valence-corrected chi connectivity index (χ2v) is 16.5. The normalized spacial score (nSPS) is 32.2. The minimum Gasteiger partial charge on any atom is -0.460 e. The highest BCUT2D eigenvalue weighted by molar-refractivity contribution is 5.95. The lowest BCUT2D eigenvalue weighted by atomic mass is 9.49. The van der Waals surface area contributed by atoms with Crippen molar-refractivity contribution < 1.29 is 23.9 Å². The molecule has 3 aromatic rings. The number of benzene rings is 3. The zero-order chi connectivity index (χ0) is 34.7. The summed E-state index contributed by atoms with van der Waals surface area (Å²) in [5, 5.41) is 6.23. The van der Waals surface area contributed by atoms with Crippen LogP contribution in [0.2, 0.25) is 0 Å². The van der Waals surface area contributed by atoms with Crippen molar-refractivity contribution in [2.45, 2.75) is 75.9 Å². The summed E-state index contributed by atoms with van der Waals surface area (Å²) in [6, 6.07) is 25.3. The number of ether oxygens (including phenoxy) is 1. The molecule has 51 heavy (non-hydrogen) atoms. The first-order valence-corrected chi connectivity index (χ1v) is 19.1. The summed E-state index contributed by atoms with van der Waals surface area (Å²) in [6.45, 7) is 0.980. The van der Waals surface area contributed by atoms with Crippen LogP contribution in [0.15, 0.2) is 78.9 Å². The Morgan fingerprint density at radius 2 is 1.24 bits per heavy atom. The number of rotatable bonds is 9. The van der Waals surface area contributed by atoms with Gasteiger partial charge in [0.25, 0.3) is 0 Å². The second-order valence-electron chi connectivity index (χ2n) is 16.5. The van der Waals surface area contributed by atoms with E-state index in [2.05, 4.69) is 34.9 Å². The lowest BCUT2D eigenvalue weighted by Crippen LogP contribution is -2.57. The first kappa shape index (κ1) is 32.4. The van der Waals surface area contributed by atoms with Gasteiger partial charge >= 0.3 is 5.97 Å². The highest BCUT2D eigenvalue weighted by Crippen LogP contribution is 2.61. The van der Waals surface area contributed by atoms with Crippen molar-refractivity contribution in [3.63, 3.8) is 0 Å². The van der Waals surface area contributed by atoms with Crippen LogP contribution in [0.1, 0.15) is 91.0 Å². The van der Waals surface area contributed by atoms with E-state index in [1.54, 1.807) is 4.90 Å². The van der Waals surface area contributed by atoms with Gasteiger partial charge in [0.1, 0.15) is 19.2 Å². The highest BCUT2D eigenvalue weighted by atomic mass is 16.5. The van der Waals surface area contributed by atoms with Crippen LogP contribution in [0.3, 0.4) is 0 Å². The predicted octanol–water partition coefficient (Wildman–Crippen LogP) is 5.69. The Kier molecular flexibility index (Phi) is 8.24. The maximum atomic E-state index is 15.0. The third-order valence-electron chi connectivity index (χ3n) is 13.3. The molecule has 0 radical (unpaired) electrons. The van der Waals surface area contributed by atoms with Crippen LogP contribution in [0, 0.1) is 35.0 Å². The van der Waals surface area contributed by atoms with Gasteiger partial charge in [-0.3, -0.25) is 19.2 Å². The van der Waals surface area contributed by atoms with Crippen LogP contribution < -0.4 is 10.6 Å². The fourth-order valence-corrected chi connectivity index (χ4v) is 11.7. The summed E-state index contributed by atoms with van der Waals surface area (Å²) in [5.41, 5.74) is 5.51. The monoisotopic (exact) mass is 685 g/mol. The molecule has 8 aliphatic rings. The minimum atomic E-state index is -0.707. The molecule has 3 aromatic carbocycles. The van der Waals surface area contributed by atoms with Crippen molar-refractivity contribution in [1.29, 1.82) is 0 Å². The third kappa shape index (κ3) is 5.75. The number of nitrogens with zero attached hydrogens (tertiary/aromatic N) is 1. The fraction of sp³-hybridized carbons (Fsp3) is 0.488. The van der Waals surface area contributed by atoms with Crippen molar-refractivity contribution in [2.75, 3.05) is 19.6 Å². The molecule has 5 fully saturated rings. The molecule has 0 aromatic heterocycles. The number of fused-ring (bicyclic) bond motifs is 1. The Labute approximate surface area is 299 Å². The van der Waals surface area contributed by atoms with E-state index in [1.165, 1.54) is 38.5 Å².